The van der Waals surface area contributed by atoms with Gasteiger partial charge in [-0.05, 0) is 41.9 Å². The maximum absolute atomic E-state index is 10.9. The molecule has 0 aliphatic carbocycles. The molecule has 2 aromatic carbocycles. The van der Waals surface area contributed by atoms with Crippen LogP contribution in [-0.2, 0) is 6.61 Å². The first-order valence-electron chi connectivity index (χ1n) is 5.33. The van der Waals surface area contributed by atoms with Crippen molar-refractivity contribution in [1.29, 1.82) is 0 Å². The fourth-order valence-corrected chi connectivity index (χ4v) is 1.78. The van der Waals surface area contributed by atoms with Gasteiger partial charge in [0.15, 0.2) is 0 Å². The topological polar surface area (TPSA) is 26.3 Å². The Labute approximate surface area is 115 Å². The third kappa shape index (κ3) is 3.25. The van der Waals surface area contributed by atoms with Crippen LogP contribution in [0.1, 0.15) is 15.9 Å². The van der Waals surface area contributed by atoms with Crippen LogP contribution in [0.5, 0.6) is 5.75 Å². The number of ether oxygens (including phenoxy) is 1. The third-order valence-electron chi connectivity index (χ3n) is 2.43. The predicted octanol–water partition coefficient (Wildman–Crippen LogP) is 4.30. The quantitative estimate of drug-likeness (QED) is 0.781. The molecule has 0 aliphatic rings. The summed E-state index contributed by atoms with van der Waals surface area (Å²) in [5.41, 5.74) is 1.36. The minimum absolute atomic E-state index is 0.383. The van der Waals surface area contributed by atoms with Crippen molar-refractivity contribution in [2.45, 2.75) is 6.61 Å². The summed E-state index contributed by atoms with van der Waals surface area (Å²) in [5, 5.41) is 0.192. The summed E-state index contributed by atoms with van der Waals surface area (Å²) in [6.45, 7) is 0.383. The van der Waals surface area contributed by atoms with Crippen LogP contribution in [0.4, 0.5) is 0 Å². The molecule has 0 saturated heterocycles. The Morgan fingerprint density at radius 3 is 2.33 bits per heavy atom. The molecule has 2 aromatic rings. The second kappa shape index (κ2) is 5.89. The molecule has 0 aromatic heterocycles. The van der Waals surface area contributed by atoms with Gasteiger partial charge in [0.05, 0.1) is 0 Å². The summed E-state index contributed by atoms with van der Waals surface area (Å²) in [7, 11) is 0. The maximum Gasteiger partial charge on any atom is 0.252 e. The minimum Gasteiger partial charge on any atom is -0.489 e. The Morgan fingerprint density at radius 1 is 1.06 bits per heavy atom. The second-order valence-corrected chi connectivity index (χ2v) is 4.43. The monoisotopic (exact) mass is 280 g/mol. The van der Waals surface area contributed by atoms with Gasteiger partial charge in [-0.1, -0.05) is 29.8 Å². The Kier molecular flexibility index (Phi) is 4.24. The lowest BCUT2D eigenvalue weighted by Gasteiger charge is -2.07. The van der Waals surface area contributed by atoms with E-state index in [1.54, 1.807) is 24.3 Å². The SMILES string of the molecule is O=C(Cl)c1ccc(OCc2ccccc2Cl)cc1. The summed E-state index contributed by atoms with van der Waals surface area (Å²) in [5.74, 6) is 0.664. The highest BCUT2D eigenvalue weighted by Gasteiger charge is 2.03. The highest BCUT2D eigenvalue weighted by atomic mass is 35.5. The van der Waals surface area contributed by atoms with Gasteiger partial charge < -0.3 is 4.74 Å². The number of rotatable bonds is 4. The van der Waals surface area contributed by atoms with Crippen LogP contribution in [0.15, 0.2) is 48.5 Å². The number of carbonyl (C=O) groups is 1. The minimum atomic E-state index is -0.479. The van der Waals surface area contributed by atoms with Crippen LogP contribution in [0.25, 0.3) is 0 Å². The molecule has 2 nitrogen and oxygen atoms in total. The standard InChI is InChI=1S/C14H10Cl2O2/c15-13-4-2-1-3-11(13)9-18-12-7-5-10(6-8-12)14(16)17/h1-8H,9H2. The number of halogens is 2. The molecule has 2 rings (SSSR count). The summed E-state index contributed by atoms with van der Waals surface area (Å²) in [6.07, 6.45) is 0. The average Bonchev–Trinajstić information content (AvgIpc) is 2.38. The van der Waals surface area contributed by atoms with Crippen molar-refractivity contribution in [3.63, 3.8) is 0 Å². The molecular weight excluding hydrogens is 271 g/mol. The van der Waals surface area contributed by atoms with E-state index in [-0.39, 0.29) is 0 Å². The van der Waals surface area contributed by atoms with Crippen molar-refractivity contribution in [2.75, 3.05) is 0 Å². The van der Waals surface area contributed by atoms with Gasteiger partial charge in [-0.3, -0.25) is 4.79 Å². The summed E-state index contributed by atoms with van der Waals surface area (Å²) in [4.78, 5) is 10.9. The Balaban J connectivity index is 2.02. The third-order valence-corrected chi connectivity index (χ3v) is 3.02. The van der Waals surface area contributed by atoms with E-state index in [1.165, 1.54) is 0 Å². The van der Waals surface area contributed by atoms with Gasteiger partial charge in [0.1, 0.15) is 12.4 Å². The number of benzene rings is 2. The first-order chi connectivity index (χ1) is 8.66. The molecule has 0 spiro atoms. The molecule has 0 radical (unpaired) electrons. The van der Waals surface area contributed by atoms with Crippen LogP contribution in [0.2, 0.25) is 5.02 Å². The molecule has 0 amide bonds. The summed E-state index contributed by atoms with van der Waals surface area (Å²) < 4.78 is 5.57. The van der Waals surface area contributed by atoms with Crippen LogP contribution in [0.3, 0.4) is 0 Å². The van der Waals surface area contributed by atoms with Gasteiger partial charge in [0, 0.05) is 16.1 Å². The van der Waals surface area contributed by atoms with E-state index >= 15 is 0 Å². The second-order valence-electron chi connectivity index (χ2n) is 3.68. The van der Waals surface area contributed by atoms with Gasteiger partial charge in [0.25, 0.3) is 5.24 Å². The Bertz CT molecular complexity index is 550. The molecule has 0 N–H and O–H groups in total. The zero-order valence-electron chi connectivity index (χ0n) is 9.40. The molecule has 0 unspecified atom stereocenters. The molecule has 18 heavy (non-hydrogen) atoms. The smallest absolute Gasteiger partial charge is 0.252 e. The number of carbonyl (C=O) groups excluding carboxylic acids is 1. The van der Waals surface area contributed by atoms with Gasteiger partial charge in [0.2, 0.25) is 0 Å². The molecule has 0 heterocycles. The van der Waals surface area contributed by atoms with E-state index < -0.39 is 5.24 Å². The van der Waals surface area contributed by atoms with Gasteiger partial charge in [-0.15, -0.1) is 0 Å². The molecule has 0 bridgehead atoms. The Hall–Kier alpha value is -1.51. The van der Waals surface area contributed by atoms with Crippen LogP contribution < -0.4 is 4.74 Å². The highest BCUT2D eigenvalue weighted by molar-refractivity contribution is 6.67. The summed E-state index contributed by atoms with van der Waals surface area (Å²) in [6, 6.07) is 14.1. The molecule has 92 valence electrons. The van der Waals surface area contributed by atoms with Gasteiger partial charge >= 0.3 is 0 Å². The van der Waals surface area contributed by atoms with E-state index in [9.17, 15) is 4.79 Å². The first-order valence-corrected chi connectivity index (χ1v) is 6.08. The normalized spacial score (nSPS) is 10.1. The molecule has 0 saturated carbocycles. The molecule has 4 heteroatoms. The van der Waals surface area contributed by atoms with Crippen molar-refractivity contribution in [1.82, 2.24) is 0 Å². The number of hydrogen-bond donors (Lipinski definition) is 0. The maximum atomic E-state index is 10.9. The van der Waals surface area contributed by atoms with Crippen molar-refractivity contribution in [3.8, 4) is 5.75 Å². The first kappa shape index (κ1) is 12.9. The van der Waals surface area contributed by atoms with Gasteiger partial charge in [-0.2, -0.15) is 0 Å². The van der Waals surface area contributed by atoms with Crippen molar-refractivity contribution >= 4 is 28.4 Å². The lowest BCUT2D eigenvalue weighted by atomic mass is 10.2. The molecule has 0 aliphatic heterocycles. The fourth-order valence-electron chi connectivity index (χ4n) is 1.46. The Morgan fingerprint density at radius 2 is 1.72 bits per heavy atom. The van der Waals surface area contributed by atoms with Crippen molar-refractivity contribution < 1.29 is 9.53 Å². The van der Waals surface area contributed by atoms with Crippen molar-refractivity contribution in [2.24, 2.45) is 0 Å². The van der Waals surface area contributed by atoms with Crippen LogP contribution >= 0.6 is 23.2 Å². The van der Waals surface area contributed by atoms with Crippen LogP contribution in [0, 0.1) is 0 Å². The number of hydrogen-bond acceptors (Lipinski definition) is 2. The lowest BCUT2D eigenvalue weighted by molar-refractivity contribution is 0.108. The molecular formula is C14H10Cl2O2. The fraction of sp³-hybridized carbons (Fsp3) is 0.0714. The molecule has 0 atom stereocenters. The average molecular weight is 281 g/mol. The summed E-state index contributed by atoms with van der Waals surface area (Å²) >= 11 is 11.4. The van der Waals surface area contributed by atoms with E-state index in [0.29, 0.717) is 22.9 Å². The van der Waals surface area contributed by atoms with E-state index in [4.69, 9.17) is 27.9 Å². The highest BCUT2D eigenvalue weighted by Crippen LogP contribution is 2.19. The lowest BCUT2D eigenvalue weighted by Crippen LogP contribution is -1.96. The van der Waals surface area contributed by atoms with E-state index in [0.717, 1.165) is 5.56 Å². The van der Waals surface area contributed by atoms with Gasteiger partial charge in [-0.25, -0.2) is 0 Å². The largest absolute Gasteiger partial charge is 0.489 e. The van der Waals surface area contributed by atoms with Crippen molar-refractivity contribution in [3.05, 3.63) is 64.7 Å². The predicted molar refractivity (Wildman–Crippen MR) is 72.4 cm³/mol. The zero-order chi connectivity index (χ0) is 13.0. The molecule has 0 fully saturated rings. The van der Waals surface area contributed by atoms with Crippen LogP contribution in [-0.4, -0.2) is 5.24 Å². The zero-order valence-corrected chi connectivity index (χ0v) is 10.9. The van der Waals surface area contributed by atoms with E-state index in [1.807, 2.05) is 24.3 Å². The van der Waals surface area contributed by atoms with E-state index in [2.05, 4.69) is 0 Å².